The molecule has 1 fully saturated rings. The number of carbonyl (C=O) groups is 1. The summed E-state index contributed by atoms with van der Waals surface area (Å²) in [5.74, 6) is 0.602. The number of nitrogens with zero attached hydrogens (tertiary/aromatic N) is 1. The highest BCUT2D eigenvalue weighted by atomic mass is 35.5. The van der Waals surface area contributed by atoms with Crippen LogP contribution in [0.25, 0.3) is 0 Å². The molecular formula is C14H18Cl2N2O3. The Morgan fingerprint density at radius 2 is 1.90 bits per heavy atom. The van der Waals surface area contributed by atoms with Gasteiger partial charge in [-0.1, -0.05) is 37.0 Å². The highest BCUT2D eigenvalue weighted by molar-refractivity contribution is 6.37. The van der Waals surface area contributed by atoms with Crippen molar-refractivity contribution in [3.8, 4) is 5.75 Å². The number of hydrogen-bond donors (Lipinski definition) is 1. The quantitative estimate of drug-likeness (QED) is 0.896. The number of anilines is 1. The third-order valence-corrected chi connectivity index (χ3v) is 3.48. The predicted molar refractivity (Wildman–Crippen MR) is 82.9 cm³/mol. The van der Waals surface area contributed by atoms with Gasteiger partial charge in [0.25, 0.3) is 0 Å². The number of benzene rings is 1. The van der Waals surface area contributed by atoms with Crippen molar-refractivity contribution >= 4 is 35.0 Å². The van der Waals surface area contributed by atoms with E-state index in [1.165, 1.54) is 5.01 Å². The number of cyclic esters (lactones) is 1. The smallest absolute Gasteiger partial charge is 0.430 e. The average Bonchev–Trinajstić information content (AvgIpc) is 2.74. The first-order chi connectivity index (χ1) is 9.79. The molecule has 0 spiro atoms. The summed E-state index contributed by atoms with van der Waals surface area (Å²) in [7, 11) is 0. The van der Waals surface area contributed by atoms with Gasteiger partial charge in [-0.25, -0.2) is 9.80 Å². The van der Waals surface area contributed by atoms with Crippen molar-refractivity contribution in [3.05, 3.63) is 22.2 Å². The van der Waals surface area contributed by atoms with Gasteiger partial charge in [0.15, 0.2) is 6.23 Å². The molecule has 1 N–H and O–H groups in total. The van der Waals surface area contributed by atoms with Gasteiger partial charge >= 0.3 is 6.09 Å². The number of amides is 1. The average molecular weight is 333 g/mol. The Bertz CT molecular complexity index is 549. The summed E-state index contributed by atoms with van der Waals surface area (Å²) >= 11 is 12.3. The minimum absolute atomic E-state index is 0.0431. The van der Waals surface area contributed by atoms with E-state index in [9.17, 15) is 4.79 Å². The number of rotatable bonds is 4. The van der Waals surface area contributed by atoms with Gasteiger partial charge < -0.3 is 9.47 Å². The summed E-state index contributed by atoms with van der Waals surface area (Å²) < 4.78 is 10.9. The van der Waals surface area contributed by atoms with Crippen LogP contribution in [-0.2, 0) is 4.74 Å². The zero-order valence-corrected chi connectivity index (χ0v) is 13.8. The van der Waals surface area contributed by atoms with Crippen molar-refractivity contribution in [2.45, 2.75) is 40.0 Å². The molecule has 1 unspecified atom stereocenters. The number of hydrazine groups is 1. The lowest BCUT2D eigenvalue weighted by Gasteiger charge is -2.19. The maximum absolute atomic E-state index is 12.0. The van der Waals surface area contributed by atoms with E-state index in [0.29, 0.717) is 21.5 Å². The van der Waals surface area contributed by atoms with Crippen molar-refractivity contribution < 1.29 is 14.3 Å². The van der Waals surface area contributed by atoms with E-state index in [1.54, 1.807) is 12.1 Å². The van der Waals surface area contributed by atoms with Crippen LogP contribution in [0.1, 0.15) is 27.7 Å². The van der Waals surface area contributed by atoms with Crippen molar-refractivity contribution in [3.63, 3.8) is 0 Å². The second kappa shape index (κ2) is 6.30. The van der Waals surface area contributed by atoms with Gasteiger partial charge in [-0.05, 0) is 19.9 Å². The van der Waals surface area contributed by atoms with Crippen LogP contribution in [0.5, 0.6) is 5.75 Å². The monoisotopic (exact) mass is 332 g/mol. The van der Waals surface area contributed by atoms with Crippen LogP contribution >= 0.6 is 23.2 Å². The van der Waals surface area contributed by atoms with Crippen LogP contribution in [0.3, 0.4) is 0 Å². The van der Waals surface area contributed by atoms with E-state index in [1.807, 2.05) is 27.7 Å². The van der Waals surface area contributed by atoms with Gasteiger partial charge in [-0.3, -0.25) is 0 Å². The summed E-state index contributed by atoms with van der Waals surface area (Å²) in [6, 6.07) is 3.18. The number of ether oxygens (including phenoxy) is 2. The second-order valence-electron chi connectivity index (χ2n) is 5.41. The molecule has 116 valence electrons. The molecule has 1 heterocycles. The molecular weight excluding hydrogens is 315 g/mol. The van der Waals surface area contributed by atoms with Gasteiger partial charge in [-0.15, -0.1) is 0 Å². The number of carbonyl (C=O) groups excluding carboxylic acids is 1. The molecule has 1 atom stereocenters. The Morgan fingerprint density at radius 1 is 1.24 bits per heavy atom. The van der Waals surface area contributed by atoms with Crippen LogP contribution in [0.15, 0.2) is 12.1 Å². The first-order valence-corrected chi connectivity index (χ1v) is 7.47. The van der Waals surface area contributed by atoms with Gasteiger partial charge in [-0.2, -0.15) is 5.43 Å². The molecule has 1 amide bonds. The summed E-state index contributed by atoms with van der Waals surface area (Å²) in [5, 5.41) is 2.01. The zero-order chi connectivity index (χ0) is 15.7. The zero-order valence-electron chi connectivity index (χ0n) is 12.3. The molecule has 21 heavy (non-hydrogen) atoms. The Balaban J connectivity index is 2.33. The van der Waals surface area contributed by atoms with E-state index in [0.717, 1.165) is 0 Å². The molecule has 5 nitrogen and oxygen atoms in total. The molecule has 0 bridgehead atoms. The number of nitrogens with one attached hydrogen (secondary N) is 1. The SMILES string of the molecule is CC(C)Oc1cc(N2NC(C(C)C)OC2=O)c(Cl)cc1Cl. The fourth-order valence-electron chi connectivity index (χ4n) is 1.85. The third-order valence-electron chi connectivity index (χ3n) is 2.88. The topological polar surface area (TPSA) is 50.8 Å². The van der Waals surface area contributed by atoms with Gasteiger partial charge in [0.2, 0.25) is 0 Å². The molecule has 1 aliphatic heterocycles. The lowest BCUT2D eigenvalue weighted by molar-refractivity contribution is 0.0993. The number of hydrogen-bond acceptors (Lipinski definition) is 4. The third kappa shape index (κ3) is 3.54. The highest BCUT2D eigenvalue weighted by Crippen LogP contribution is 2.37. The van der Waals surface area contributed by atoms with Crippen molar-refractivity contribution in [1.82, 2.24) is 5.43 Å². The Labute approximate surface area is 134 Å². The Kier molecular flexibility index (Phi) is 4.86. The van der Waals surface area contributed by atoms with Crippen molar-refractivity contribution in [2.75, 3.05) is 5.01 Å². The standard InChI is InChI=1S/C14H18Cl2N2O3/c1-7(2)13-17-18(14(19)21-13)11-6-12(20-8(3)4)10(16)5-9(11)15/h5-8,13,17H,1-4H3. The first kappa shape index (κ1) is 16.2. The minimum Gasteiger partial charge on any atom is -0.489 e. The lowest BCUT2D eigenvalue weighted by Crippen LogP contribution is -2.39. The van der Waals surface area contributed by atoms with Crippen LogP contribution < -0.4 is 15.2 Å². The van der Waals surface area contributed by atoms with Crippen LogP contribution in [-0.4, -0.2) is 18.4 Å². The van der Waals surface area contributed by atoms with E-state index in [4.69, 9.17) is 32.7 Å². The summed E-state index contributed by atoms with van der Waals surface area (Å²) in [5.41, 5.74) is 3.42. The maximum atomic E-state index is 12.0. The highest BCUT2D eigenvalue weighted by Gasteiger charge is 2.35. The summed E-state index contributed by atoms with van der Waals surface area (Å²) in [6.07, 6.45) is -0.939. The predicted octanol–water partition coefficient (Wildman–Crippen LogP) is 4.22. The van der Waals surface area contributed by atoms with E-state index >= 15 is 0 Å². The van der Waals surface area contributed by atoms with E-state index in [-0.39, 0.29) is 12.0 Å². The summed E-state index contributed by atoms with van der Waals surface area (Å²) in [4.78, 5) is 12.0. The number of halogens is 2. The van der Waals surface area contributed by atoms with E-state index in [2.05, 4.69) is 5.43 Å². The Hall–Kier alpha value is -1.17. The second-order valence-corrected chi connectivity index (χ2v) is 6.23. The molecule has 2 rings (SSSR count). The van der Waals surface area contributed by atoms with Crippen molar-refractivity contribution in [2.24, 2.45) is 5.92 Å². The molecule has 0 saturated carbocycles. The molecule has 0 radical (unpaired) electrons. The Morgan fingerprint density at radius 3 is 2.43 bits per heavy atom. The molecule has 1 saturated heterocycles. The van der Waals surface area contributed by atoms with Crippen LogP contribution in [0.4, 0.5) is 10.5 Å². The normalized spacial score (nSPS) is 18.6. The molecule has 1 aromatic rings. The largest absolute Gasteiger partial charge is 0.489 e. The first-order valence-electron chi connectivity index (χ1n) is 6.72. The van der Waals surface area contributed by atoms with Crippen molar-refractivity contribution in [1.29, 1.82) is 0 Å². The van der Waals surface area contributed by atoms with Crippen LogP contribution in [0.2, 0.25) is 10.0 Å². The van der Waals surface area contributed by atoms with E-state index < -0.39 is 12.3 Å². The maximum Gasteiger partial charge on any atom is 0.430 e. The van der Waals surface area contributed by atoms with Gasteiger partial charge in [0, 0.05) is 12.0 Å². The van der Waals surface area contributed by atoms with Gasteiger partial charge in [0.1, 0.15) is 5.75 Å². The molecule has 0 aliphatic carbocycles. The molecule has 1 aromatic carbocycles. The van der Waals surface area contributed by atoms with Crippen LogP contribution in [0, 0.1) is 5.92 Å². The van der Waals surface area contributed by atoms with Gasteiger partial charge in [0.05, 0.1) is 21.8 Å². The molecule has 0 aromatic heterocycles. The summed E-state index contributed by atoms with van der Waals surface area (Å²) in [6.45, 7) is 7.68. The molecule has 7 heteroatoms. The molecule has 1 aliphatic rings. The fourth-order valence-corrected chi connectivity index (χ4v) is 2.37. The lowest BCUT2D eigenvalue weighted by atomic mass is 10.2. The minimum atomic E-state index is -0.506. The fraction of sp³-hybridized carbons (Fsp3) is 0.500.